The van der Waals surface area contributed by atoms with E-state index < -0.39 is 6.10 Å². The molecular formula is C54H86O6. The van der Waals surface area contributed by atoms with Gasteiger partial charge in [0.2, 0.25) is 0 Å². The number of esters is 3. The number of allylic oxidation sites excluding steroid dienone is 18. The molecule has 0 heterocycles. The zero-order chi connectivity index (χ0) is 43.7. The number of hydrogen-bond donors (Lipinski definition) is 0. The van der Waals surface area contributed by atoms with Crippen LogP contribution in [0.4, 0.5) is 0 Å². The maximum Gasteiger partial charge on any atom is 0.306 e. The standard InChI is InChI=1S/C54H86O6/c1-4-7-10-13-16-19-22-25-27-30-32-35-38-41-44-47-53(56)59-50-51(49-58-52(55)46-43-40-37-34-31-28-24-21-18-15-12-9-6-3)60-54(57)48-45-42-39-36-33-29-26-23-20-17-14-11-8-5-2/h7,9-10,12-13,15-16,18-19,21-22,24-25,27-28,31,34,37,51H,4-6,8,11,14,17,20,23,26,29-30,32-33,35-36,38-50H2,1-3H3/b10-7+,12-9+,16-13+,18-15+,22-19+,24-21+,27-25+,31-28+,37-34+. The molecule has 0 bridgehead atoms. The highest BCUT2D eigenvalue weighted by Gasteiger charge is 2.19. The van der Waals surface area contributed by atoms with Gasteiger partial charge in [-0.3, -0.25) is 14.4 Å². The third-order valence-electron chi connectivity index (χ3n) is 9.75. The predicted molar refractivity (Wildman–Crippen MR) is 256 cm³/mol. The Morgan fingerprint density at radius 2 is 0.667 bits per heavy atom. The average Bonchev–Trinajstić information content (AvgIpc) is 3.24. The highest BCUT2D eigenvalue weighted by atomic mass is 16.6. The number of carbonyl (C=O) groups excluding carboxylic acids is 3. The van der Waals surface area contributed by atoms with E-state index in [9.17, 15) is 14.4 Å². The van der Waals surface area contributed by atoms with Gasteiger partial charge in [-0.25, -0.2) is 0 Å². The minimum Gasteiger partial charge on any atom is -0.462 e. The van der Waals surface area contributed by atoms with Crippen molar-refractivity contribution in [2.24, 2.45) is 0 Å². The second kappa shape index (κ2) is 47.7. The summed E-state index contributed by atoms with van der Waals surface area (Å²) in [4.78, 5) is 37.8. The maximum absolute atomic E-state index is 12.8. The van der Waals surface area contributed by atoms with E-state index in [1.807, 2.05) is 79.0 Å². The third kappa shape index (κ3) is 45.2. The van der Waals surface area contributed by atoms with Crippen molar-refractivity contribution in [1.82, 2.24) is 0 Å². The summed E-state index contributed by atoms with van der Waals surface area (Å²) in [6.07, 6.45) is 63.6. The summed E-state index contributed by atoms with van der Waals surface area (Å²) >= 11 is 0. The molecule has 0 saturated heterocycles. The van der Waals surface area contributed by atoms with E-state index in [-0.39, 0.29) is 37.5 Å². The fraction of sp³-hybridized carbons (Fsp3) is 0.611. The number of unbranched alkanes of at least 4 members (excludes halogenated alkanes) is 19. The van der Waals surface area contributed by atoms with Gasteiger partial charge in [0.05, 0.1) is 0 Å². The summed E-state index contributed by atoms with van der Waals surface area (Å²) in [6, 6.07) is 0. The van der Waals surface area contributed by atoms with Gasteiger partial charge in [0, 0.05) is 19.3 Å². The van der Waals surface area contributed by atoms with Crippen molar-refractivity contribution in [2.75, 3.05) is 13.2 Å². The topological polar surface area (TPSA) is 78.9 Å². The molecule has 0 aliphatic heterocycles. The fourth-order valence-corrected chi connectivity index (χ4v) is 6.19. The SMILES string of the molecule is CC/C=C/C=C/C=C/C=C/C=C/CCCC(=O)OCC(COC(=O)CCCCCCC/C=C/C=C/C=C/C=C/CC)OC(=O)CCCCCCCCCCCCCCCC. The van der Waals surface area contributed by atoms with Crippen LogP contribution < -0.4 is 0 Å². The van der Waals surface area contributed by atoms with Crippen LogP contribution in [0.3, 0.4) is 0 Å². The summed E-state index contributed by atoms with van der Waals surface area (Å²) in [5.41, 5.74) is 0. The Bertz CT molecular complexity index is 1280. The number of hydrogen-bond acceptors (Lipinski definition) is 6. The predicted octanol–water partition coefficient (Wildman–Crippen LogP) is 15.6. The van der Waals surface area contributed by atoms with Crippen LogP contribution in [-0.2, 0) is 28.6 Å². The molecule has 338 valence electrons. The quantitative estimate of drug-likeness (QED) is 0.0264. The first-order chi connectivity index (χ1) is 29.5. The molecule has 1 unspecified atom stereocenters. The first kappa shape index (κ1) is 56.1. The van der Waals surface area contributed by atoms with Crippen LogP contribution in [0.25, 0.3) is 0 Å². The lowest BCUT2D eigenvalue weighted by atomic mass is 10.0. The van der Waals surface area contributed by atoms with E-state index >= 15 is 0 Å². The van der Waals surface area contributed by atoms with E-state index in [1.165, 1.54) is 70.6 Å². The molecule has 0 saturated carbocycles. The van der Waals surface area contributed by atoms with Crippen molar-refractivity contribution in [3.8, 4) is 0 Å². The van der Waals surface area contributed by atoms with Gasteiger partial charge in [-0.15, -0.1) is 0 Å². The molecular weight excluding hydrogens is 745 g/mol. The van der Waals surface area contributed by atoms with E-state index in [4.69, 9.17) is 14.2 Å². The average molecular weight is 831 g/mol. The Labute approximate surface area is 368 Å². The van der Waals surface area contributed by atoms with Gasteiger partial charge in [0.1, 0.15) is 13.2 Å². The van der Waals surface area contributed by atoms with Gasteiger partial charge in [-0.2, -0.15) is 0 Å². The van der Waals surface area contributed by atoms with Gasteiger partial charge in [0.15, 0.2) is 6.10 Å². The van der Waals surface area contributed by atoms with Crippen molar-refractivity contribution >= 4 is 17.9 Å². The van der Waals surface area contributed by atoms with E-state index in [2.05, 4.69) is 51.2 Å². The molecule has 0 aromatic rings. The minimum atomic E-state index is -0.815. The Morgan fingerprint density at radius 3 is 1.08 bits per heavy atom. The first-order valence-electron chi connectivity index (χ1n) is 24.0. The van der Waals surface area contributed by atoms with Gasteiger partial charge in [-0.05, 0) is 51.4 Å². The zero-order valence-corrected chi connectivity index (χ0v) is 38.4. The normalized spacial score (nSPS) is 13.1. The summed E-state index contributed by atoms with van der Waals surface area (Å²) in [5, 5.41) is 0. The van der Waals surface area contributed by atoms with E-state index in [1.54, 1.807) is 0 Å². The summed E-state index contributed by atoms with van der Waals surface area (Å²) in [5.74, 6) is -1.02. The second-order valence-corrected chi connectivity index (χ2v) is 15.5. The molecule has 0 fully saturated rings. The van der Waals surface area contributed by atoms with Crippen molar-refractivity contribution in [3.05, 3.63) is 109 Å². The molecule has 60 heavy (non-hydrogen) atoms. The van der Waals surface area contributed by atoms with Gasteiger partial charge >= 0.3 is 17.9 Å². The Hall–Kier alpha value is -3.93. The highest BCUT2D eigenvalue weighted by Crippen LogP contribution is 2.14. The van der Waals surface area contributed by atoms with Crippen molar-refractivity contribution in [2.45, 2.75) is 200 Å². The molecule has 1 atom stereocenters. The Balaban J connectivity index is 4.54. The van der Waals surface area contributed by atoms with Crippen LogP contribution in [0, 0.1) is 0 Å². The number of ether oxygens (including phenoxy) is 3. The van der Waals surface area contributed by atoms with Gasteiger partial charge in [0.25, 0.3) is 0 Å². The van der Waals surface area contributed by atoms with Crippen LogP contribution in [0.15, 0.2) is 109 Å². The second-order valence-electron chi connectivity index (χ2n) is 15.5. The molecule has 0 rings (SSSR count). The van der Waals surface area contributed by atoms with Gasteiger partial charge < -0.3 is 14.2 Å². The van der Waals surface area contributed by atoms with Crippen molar-refractivity contribution < 1.29 is 28.6 Å². The zero-order valence-electron chi connectivity index (χ0n) is 38.4. The minimum absolute atomic E-state index is 0.114. The lowest BCUT2D eigenvalue weighted by molar-refractivity contribution is -0.167. The lowest BCUT2D eigenvalue weighted by Crippen LogP contribution is -2.30. The van der Waals surface area contributed by atoms with Crippen LogP contribution in [0.1, 0.15) is 194 Å². The van der Waals surface area contributed by atoms with Crippen molar-refractivity contribution in [3.63, 3.8) is 0 Å². The van der Waals surface area contributed by atoms with Crippen LogP contribution in [0.5, 0.6) is 0 Å². The largest absolute Gasteiger partial charge is 0.462 e. The third-order valence-corrected chi connectivity index (χ3v) is 9.75. The molecule has 6 nitrogen and oxygen atoms in total. The first-order valence-corrected chi connectivity index (χ1v) is 24.0. The maximum atomic E-state index is 12.8. The van der Waals surface area contributed by atoms with E-state index in [0.717, 1.165) is 77.0 Å². The lowest BCUT2D eigenvalue weighted by Gasteiger charge is -2.18. The summed E-state index contributed by atoms with van der Waals surface area (Å²) in [7, 11) is 0. The smallest absolute Gasteiger partial charge is 0.306 e. The van der Waals surface area contributed by atoms with Gasteiger partial charge in [-0.1, -0.05) is 233 Å². The molecule has 0 radical (unpaired) electrons. The summed E-state index contributed by atoms with van der Waals surface area (Å²) < 4.78 is 16.7. The summed E-state index contributed by atoms with van der Waals surface area (Å²) in [6.45, 7) is 6.25. The van der Waals surface area contributed by atoms with Crippen molar-refractivity contribution in [1.29, 1.82) is 0 Å². The molecule has 0 N–H and O–H groups in total. The molecule has 0 aliphatic carbocycles. The monoisotopic (exact) mass is 831 g/mol. The Kier molecular flexibility index (Phi) is 44.6. The van der Waals surface area contributed by atoms with Crippen LogP contribution >= 0.6 is 0 Å². The Morgan fingerprint density at radius 1 is 0.350 bits per heavy atom. The molecule has 0 aliphatic rings. The molecule has 0 spiro atoms. The van der Waals surface area contributed by atoms with Crippen LogP contribution in [-0.4, -0.2) is 37.2 Å². The molecule has 6 heteroatoms. The molecule has 0 amide bonds. The highest BCUT2D eigenvalue weighted by molar-refractivity contribution is 5.71. The fourth-order valence-electron chi connectivity index (χ4n) is 6.19. The molecule has 0 aromatic heterocycles. The van der Waals surface area contributed by atoms with E-state index in [0.29, 0.717) is 19.3 Å². The van der Waals surface area contributed by atoms with Crippen LogP contribution in [0.2, 0.25) is 0 Å². The molecule has 0 aromatic carbocycles. The number of rotatable bonds is 41. The number of carbonyl (C=O) groups is 3.